The van der Waals surface area contributed by atoms with Gasteiger partial charge in [-0.2, -0.15) is 0 Å². The monoisotopic (exact) mass is 271 g/mol. The molecule has 18 heavy (non-hydrogen) atoms. The summed E-state index contributed by atoms with van der Waals surface area (Å²) in [6, 6.07) is 0. The number of ether oxygens (including phenoxy) is 1. The summed E-state index contributed by atoms with van der Waals surface area (Å²) in [5, 5.41) is 0.361. The molecule has 0 saturated carbocycles. The van der Waals surface area contributed by atoms with Gasteiger partial charge in [0.15, 0.2) is 16.7 Å². The van der Waals surface area contributed by atoms with Crippen LogP contribution in [0.25, 0.3) is 0 Å². The summed E-state index contributed by atoms with van der Waals surface area (Å²) in [6.45, 7) is 10.6. The quantitative estimate of drug-likeness (QED) is 0.745. The first-order valence-corrected chi connectivity index (χ1v) is 6.62. The molecule has 0 aliphatic heterocycles. The molecular formula is C13H22ClN3O. The molecular weight excluding hydrogens is 250 g/mol. The van der Waals surface area contributed by atoms with Crippen LogP contribution in [0.1, 0.15) is 27.7 Å². The minimum atomic E-state index is 0.361. The van der Waals surface area contributed by atoms with Gasteiger partial charge in [-0.25, -0.2) is 9.97 Å². The van der Waals surface area contributed by atoms with Crippen LogP contribution in [0.5, 0.6) is 5.75 Å². The standard InChI is InChI=1S/C13H22ClN3O/c1-9(2)6-17(7-10(3)4)13-11(18-5)12(14)15-8-16-13/h8-10H,6-7H2,1-5H3. The summed E-state index contributed by atoms with van der Waals surface area (Å²) in [4.78, 5) is 10.5. The minimum Gasteiger partial charge on any atom is -0.490 e. The molecule has 0 unspecified atom stereocenters. The van der Waals surface area contributed by atoms with Crippen LogP contribution in [-0.2, 0) is 0 Å². The van der Waals surface area contributed by atoms with Crippen molar-refractivity contribution in [2.45, 2.75) is 27.7 Å². The predicted molar refractivity (Wildman–Crippen MR) is 75.5 cm³/mol. The van der Waals surface area contributed by atoms with Crippen molar-refractivity contribution in [3.05, 3.63) is 11.5 Å². The Labute approximate surface area is 114 Å². The zero-order valence-corrected chi connectivity index (χ0v) is 12.5. The molecule has 5 heteroatoms. The van der Waals surface area contributed by atoms with E-state index in [4.69, 9.17) is 16.3 Å². The molecule has 1 rings (SSSR count). The fraction of sp³-hybridized carbons (Fsp3) is 0.692. The van der Waals surface area contributed by atoms with E-state index < -0.39 is 0 Å². The normalized spacial score (nSPS) is 11.1. The molecule has 0 atom stereocenters. The Hall–Kier alpha value is -1.03. The third kappa shape index (κ3) is 4.02. The third-order valence-electron chi connectivity index (χ3n) is 2.42. The first-order chi connectivity index (χ1) is 8.45. The number of hydrogen-bond acceptors (Lipinski definition) is 4. The molecule has 0 aliphatic carbocycles. The molecule has 0 aromatic carbocycles. The molecule has 102 valence electrons. The van der Waals surface area contributed by atoms with E-state index in [1.807, 2.05) is 0 Å². The number of anilines is 1. The first kappa shape index (κ1) is 15.0. The number of rotatable bonds is 6. The number of nitrogens with zero attached hydrogens (tertiary/aromatic N) is 3. The summed E-state index contributed by atoms with van der Waals surface area (Å²) in [7, 11) is 1.59. The summed E-state index contributed by atoms with van der Waals surface area (Å²) in [5.74, 6) is 2.42. The summed E-state index contributed by atoms with van der Waals surface area (Å²) in [6.07, 6.45) is 1.48. The maximum atomic E-state index is 6.04. The van der Waals surface area contributed by atoms with Gasteiger partial charge in [0.2, 0.25) is 0 Å². The van der Waals surface area contributed by atoms with Crippen molar-refractivity contribution in [3.63, 3.8) is 0 Å². The SMILES string of the molecule is COc1c(Cl)ncnc1N(CC(C)C)CC(C)C. The summed E-state index contributed by atoms with van der Waals surface area (Å²) >= 11 is 6.04. The Morgan fingerprint density at radius 2 is 1.72 bits per heavy atom. The van der Waals surface area contributed by atoms with E-state index in [1.54, 1.807) is 7.11 Å². The average molecular weight is 272 g/mol. The van der Waals surface area contributed by atoms with E-state index >= 15 is 0 Å². The maximum absolute atomic E-state index is 6.04. The van der Waals surface area contributed by atoms with Gasteiger partial charge in [0, 0.05) is 13.1 Å². The second-order valence-electron chi connectivity index (χ2n) is 5.21. The van der Waals surface area contributed by atoms with Crippen LogP contribution in [-0.4, -0.2) is 30.2 Å². The van der Waals surface area contributed by atoms with Gasteiger partial charge < -0.3 is 9.64 Å². The minimum absolute atomic E-state index is 0.361. The van der Waals surface area contributed by atoms with Crippen LogP contribution >= 0.6 is 11.6 Å². The number of methoxy groups -OCH3 is 1. The van der Waals surface area contributed by atoms with Gasteiger partial charge in [-0.1, -0.05) is 39.3 Å². The van der Waals surface area contributed by atoms with Crippen molar-refractivity contribution in [1.82, 2.24) is 9.97 Å². The lowest BCUT2D eigenvalue weighted by molar-refractivity contribution is 0.408. The molecule has 0 bridgehead atoms. The number of hydrogen-bond donors (Lipinski definition) is 0. The van der Waals surface area contributed by atoms with E-state index in [9.17, 15) is 0 Å². The number of halogens is 1. The molecule has 0 N–H and O–H groups in total. The molecule has 1 heterocycles. The lowest BCUT2D eigenvalue weighted by Gasteiger charge is -2.28. The molecule has 1 aromatic heterocycles. The largest absolute Gasteiger partial charge is 0.490 e. The highest BCUT2D eigenvalue weighted by molar-refractivity contribution is 6.31. The highest BCUT2D eigenvalue weighted by Crippen LogP contribution is 2.32. The topological polar surface area (TPSA) is 38.3 Å². The van der Waals surface area contributed by atoms with E-state index in [-0.39, 0.29) is 0 Å². The molecule has 0 spiro atoms. The Balaban J connectivity index is 3.07. The fourth-order valence-corrected chi connectivity index (χ4v) is 2.08. The molecule has 1 aromatic rings. The zero-order chi connectivity index (χ0) is 13.7. The van der Waals surface area contributed by atoms with Gasteiger partial charge in [-0.15, -0.1) is 0 Å². The van der Waals surface area contributed by atoms with Crippen LogP contribution in [0.4, 0.5) is 5.82 Å². The van der Waals surface area contributed by atoms with E-state index in [0.29, 0.717) is 22.7 Å². The average Bonchev–Trinajstić information content (AvgIpc) is 2.26. The molecule has 0 radical (unpaired) electrons. The lowest BCUT2D eigenvalue weighted by Crippen LogP contribution is -2.32. The summed E-state index contributed by atoms with van der Waals surface area (Å²) < 4.78 is 5.32. The highest BCUT2D eigenvalue weighted by Gasteiger charge is 2.19. The van der Waals surface area contributed by atoms with Gasteiger partial charge in [0.25, 0.3) is 0 Å². The van der Waals surface area contributed by atoms with Crippen molar-refractivity contribution in [3.8, 4) is 5.75 Å². The second kappa shape index (κ2) is 6.78. The van der Waals surface area contributed by atoms with Gasteiger partial charge in [0.1, 0.15) is 6.33 Å². The van der Waals surface area contributed by atoms with E-state index in [2.05, 4.69) is 42.6 Å². The van der Waals surface area contributed by atoms with Gasteiger partial charge >= 0.3 is 0 Å². The van der Waals surface area contributed by atoms with Gasteiger partial charge in [-0.05, 0) is 11.8 Å². The van der Waals surface area contributed by atoms with Crippen LogP contribution < -0.4 is 9.64 Å². The Morgan fingerprint density at radius 1 is 1.17 bits per heavy atom. The molecule has 0 aliphatic rings. The smallest absolute Gasteiger partial charge is 0.199 e. The first-order valence-electron chi connectivity index (χ1n) is 6.25. The van der Waals surface area contributed by atoms with Crippen LogP contribution in [0.2, 0.25) is 5.15 Å². The van der Waals surface area contributed by atoms with Crippen molar-refractivity contribution < 1.29 is 4.74 Å². The van der Waals surface area contributed by atoms with Gasteiger partial charge in [-0.3, -0.25) is 0 Å². The van der Waals surface area contributed by atoms with Crippen molar-refractivity contribution in [2.24, 2.45) is 11.8 Å². The van der Waals surface area contributed by atoms with Crippen molar-refractivity contribution >= 4 is 17.4 Å². The Kier molecular flexibility index (Phi) is 5.66. The lowest BCUT2D eigenvalue weighted by atomic mass is 10.1. The third-order valence-corrected chi connectivity index (χ3v) is 2.69. The van der Waals surface area contributed by atoms with Gasteiger partial charge in [0.05, 0.1) is 7.11 Å². The maximum Gasteiger partial charge on any atom is 0.199 e. The van der Waals surface area contributed by atoms with Crippen molar-refractivity contribution in [2.75, 3.05) is 25.1 Å². The zero-order valence-electron chi connectivity index (χ0n) is 11.8. The predicted octanol–water partition coefficient (Wildman–Crippen LogP) is 3.26. The van der Waals surface area contributed by atoms with Crippen molar-refractivity contribution in [1.29, 1.82) is 0 Å². The van der Waals surface area contributed by atoms with E-state index in [0.717, 1.165) is 18.9 Å². The molecule has 0 amide bonds. The fourth-order valence-electron chi connectivity index (χ4n) is 1.87. The second-order valence-corrected chi connectivity index (χ2v) is 5.57. The number of aromatic nitrogens is 2. The van der Waals surface area contributed by atoms with Crippen LogP contribution in [0.15, 0.2) is 6.33 Å². The van der Waals surface area contributed by atoms with Crippen LogP contribution in [0, 0.1) is 11.8 Å². The molecule has 0 saturated heterocycles. The highest BCUT2D eigenvalue weighted by atomic mass is 35.5. The Bertz CT molecular complexity index is 372. The molecule has 4 nitrogen and oxygen atoms in total. The Morgan fingerprint density at radius 3 is 2.17 bits per heavy atom. The van der Waals surface area contributed by atoms with E-state index in [1.165, 1.54) is 6.33 Å². The summed E-state index contributed by atoms with van der Waals surface area (Å²) in [5.41, 5.74) is 0. The molecule has 0 fully saturated rings. The van der Waals surface area contributed by atoms with Crippen LogP contribution in [0.3, 0.4) is 0 Å².